The Morgan fingerprint density at radius 2 is 2.12 bits per heavy atom. The van der Waals surface area contributed by atoms with Gasteiger partial charge < -0.3 is 5.32 Å². The molecule has 3 rings (SSSR count). The zero-order chi connectivity index (χ0) is 18.0. The monoisotopic (exact) mass is 374 g/mol. The summed E-state index contributed by atoms with van der Waals surface area (Å²) in [4.78, 5) is 33.0. The van der Waals surface area contributed by atoms with Crippen LogP contribution in [0.2, 0.25) is 5.02 Å². The van der Waals surface area contributed by atoms with Gasteiger partial charge in [0, 0.05) is 13.2 Å². The summed E-state index contributed by atoms with van der Waals surface area (Å²) in [6.45, 7) is 1.93. The zero-order valence-electron chi connectivity index (χ0n) is 13.6. The first-order chi connectivity index (χ1) is 11.9. The Hall–Kier alpha value is -2.38. The molecule has 0 fully saturated rings. The minimum atomic E-state index is -0.238. The highest BCUT2D eigenvalue weighted by Gasteiger charge is 2.11. The molecule has 2 aromatic heterocycles. The normalized spacial score (nSPS) is 10.8. The van der Waals surface area contributed by atoms with Crippen molar-refractivity contribution in [2.45, 2.75) is 12.1 Å². The lowest BCUT2D eigenvalue weighted by Gasteiger charge is -2.09. The molecule has 0 unspecified atom stereocenters. The highest BCUT2D eigenvalue weighted by Crippen LogP contribution is 2.18. The van der Waals surface area contributed by atoms with Crippen LogP contribution in [0, 0.1) is 6.92 Å². The Balaban J connectivity index is 1.75. The summed E-state index contributed by atoms with van der Waals surface area (Å²) < 4.78 is 1.46. The molecule has 2 heterocycles. The molecule has 128 valence electrons. The van der Waals surface area contributed by atoms with E-state index in [1.165, 1.54) is 22.5 Å². The third-order valence-corrected chi connectivity index (χ3v) is 4.77. The van der Waals surface area contributed by atoms with E-state index in [4.69, 9.17) is 11.6 Å². The third kappa shape index (κ3) is 4.00. The Morgan fingerprint density at radius 1 is 1.32 bits per heavy atom. The first-order valence-electron chi connectivity index (χ1n) is 7.45. The van der Waals surface area contributed by atoms with E-state index in [-0.39, 0.29) is 17.2 Å². The molecule has 8 heteroatoms. The summed E-state index contributed by atoms with van der Waals surface area (Å²) in [5.41, 5.74) is 1.49. The molecule has 1 aromatic carbocycles. The number of nitrogens with zero attached hydrogens (tertiary/aromatic N) is 3. The molecule has 0 saturated carbocycles. The number of nitrogens with one attached hydrogen (secondary N) is 1. The Labute approximate surface area is 153 Å². The van der Waals surface area contributed by atoms with Crippen LogP contribution in [0.15, 0.2) is 46.5 Å². The van der Waals surface area contributed by atoms with Gasteiger partial charge in [0.25, 0.3) is 5.56 Å². The fraction of sp³-hybridized carbons (Fsp3) is 0.176. The molecule has 0 aliphatic heterocycles. The average Bonchev–Trinajstić information content (AvgIpc) is 2.59. The zero-order valence-corrected chi connectivity index (χ0v) is 15.2. The number of anilines is 1. The molecule has 0 atom stereocenters. The molecule has 1 amide bonds. The van der Waals surface area contributed by atoms with Gasteiger partial charge in [-0.25, -0.2) is 9.97 Å². The van der Waals surface area contributed by atoms with Gasteiger partial charge in [0.1, 0.15) is 5.82 Å². The lowest BCUT2D eigenvalue weighted by atomic mass is 10.2. The number of halogens is 1. The lowest BCUT2D eigenvalue weighted by Crippen LogP contribution is -2.21. The second-order valence-corrected chi connectivity index (χ2v) is 6.86. The van der Waals surface area contributed by atoms with Gasteiger partial charge in [0.2, 0.25) is 5.91 Å². The van der Waals surface area contributed by atoms with Crippen LogP contribution in [0.5, 0.6) is 0 Å². The van der Waals surface area contributed by atoms with Crippen molar-refractivity contribution in [3.63, 3.8) is 0 Å². The number of aromatic nitrogens is 3. The molecule has 0 aliphatic rings. The maximum Gasteiger partial charge on any atom is 0.261 e. The Morgan fingerprint density at radius 3 is 2.84 bits per heavy atom. The van der Waals surface area contributed by atoms with Crippen molar-refractivity contribution in [1.29, 1.82) is 0 Å². The van der Waals surface area contributed by atoms with Crippen LogP contribution in [0.1, 0.15) is 5.56 Å². The molecule has 6 nitrogen and oxygen atoms in total. The first kappa shape index (κ1) is 17.4. The highest BCUT2D eigenvalue weighted by atomic mass is 35.5. The summed E-state index contributed by atoms with van der Waals surface area (Å²) in [7, 11) is 1.65. The van der Waals surface area contributed by atoms with Crippen LogP contribution in [-0.4, -0.2) is 26.2 Å². The van der Waals surface area contributed by atoms with E-state index in [2.05, 4.69) is 15.3 Å². The molecule has 0 radical (unpaired) electrons. The van der Waals surface area contributed by atoms with E-state index in [9.17, 15) is 9.59 Å². The van der Waals surface area contributed by atoms with Gasteiger partial charge in [-0.1, -0.05) is 35.0 Å². The number of carbonyl (C=O) groups is 1. The summed E-state index contributed by atoms with van der Waals surface area (Å²) in [6.07, 6.45) is 1.46. The van der Waals surface area contributed by atoms with Crippen LogP contribution in [0.3, 0.4) is 0 Å². The topological polar surface area (TPSA) is 76.9 Å². The number of hydrogen-bond donors (Lipinski definition) is 1. The summed E-state index contributed by atoms with van der Waals surface area (Å²) in [6, 6.07) is 8.80. The number of thioether (sulfide) groups is 1. The number of amides is 1. The van der Waals surface area contributed by atoms with Gasteiger partial charge in [-0.3, -0.25) is 14.2 Å². The van der Waals surface area contributed by atoms with Crippen LogP contribution < -0.4 is 10.9 Å². The minimum Gasteiger partial charge on any atom is -0.310 e. The van der Waals surface area contributed by atoms with Crippen molar-refractivity contribution in [2.24, 2.45) is 7.05 Å². The average molecular weight is 375 g/mol. The number of pyridine rings is 1. The maximum atomic E-state index is 12.5. The van der Waals surface area contributed by atoms with Crippen molar-refractivity contribution < 1.29 is 4.79 Å². The van der Waals surface area contributed by atoms with Crippen molar-refractivity contribution in [3.8, 4) is 0 Å². The van der Waals surface area contributed by atoms with Gasteiger partial charge in [0.05, 0.1) is 21.7 Å². The number of fused-ring (bicyclic) bond motifs is 1. The molecule has 0 spiro atoms. The fourth-order valence-electron chi connectivity index (χ4n) is 2.25. The van der Waals surface area contributed by atoms with E-state index in [0.717, 1.165) is 5.56 Å². The summed E-state index contributed by atoms with van der Waals surface area (Å²) >= 11 is 6.96. The quantitative estimate of drug-likeness (QED) is 0.561. The maximum absolute atomic E-state index is 12.5. The highest BCUT2D eigenvalue weighted by molar-refractivity contribution is 7.99. The van der Waals surface area contributed by atoms with Crippen LogP contribution >= 0.6 is 23.4 Å². The fourth-order valence-corrected chi connectivity index (χ4v) is 3.14. The number of rotatable bonds is 4. The standard InChI is InChI=1S/C17H15ClN4O2S/c1-10-3-5-13-12(7-10)16(24)22(2)17(20-13)25-9-15(23)21-14-6-4-11(18)8-19-14/h3-8H,9H2,1-2H3,(H,19,21,23). The molecular formula is C17H15ClN4O2S. The van der Waals surface area contributed by atoms with E-state index < -0.39 is 0 Å². The van der Waals surface area contributed by atoms with Crippen molar-refractivity contribution in [3.05, 3.63) is 57.5 Å². The molecule has 25 heavy (non-hydrogen) atoms. The van der Waals surface area contributed by atoms with E-state index in [0.29, 0.717) is 26.9 Å². The molecule has 0 saturated heterocycles. The predicted octanol–water partition coefficient (Wildman–Crippen LogP) is 3.02. The number of aryl methyl sites for hydroxylation is 1. The lowest BCUT2D eigenvalue weighted by molar-refractivity contribution is -0.113. The summed E-state index contributed by atoms with van der Waals surface area (Å²) in [5, 5.41) is 4.23. The first-order valence-corrected chi connectivity index (χ1v) is 8.82. The van der Waals surface area contributed by atoms with E-state index >= 15 is 0 Å². The molecular weight excluding hydrogens is 360 g/mol. The van der Waals surface area contributed by atoms with Crippen molar-refractivity contribution in [1.82, 2.24) is 14.5 Å². The SMILES string of the molecule is Cc1ccc2nc(SCC(=O)Nc3ccc(Cl)cn3)n(C)c(=O)c2c1. The second-order valence-electron chi connectivity index (χ2n) is 5.48. The second kappa shape index (κ2) is 7.25. The molecule has 3 aromatic rings. The summed E-state index contributed by atoms with van der Waals surface area (Å²) in [5.74, 6) is 0.297. The number of hydrogen-bond acceptors (Lipinski definition) is 5. The van der Waals surface area contributed by atoms with Gasteiger partial charge in [-0.2, -0.15) is 0 Å². The van der Waals surface area contributed by atoms with Crippen LogP contribution in [0.25, 0.3) is 10.9 Å². The Kier molecular flexibility index (Phi) is 5.06. The van der Waals surface area contributed by atoms with Crippen molar-refractivity contribution >= 4 is 46.0 Å². The van der Waals surface area contributed by atoms with Crippen LogP contribution in [0.4, 0.5) is 5.82 Å². The smallest absolute Gasteiger partial charge is 0.261 e. The number of benzene rings is 1. The Bertz CT molecular complexity index is 1000. The molecule has 0 aliphatic carbocycles. The largest absolute Gasteiger partial charge is 0.310 e. The van der Waals surface area contributed by atoms with Crippen molar-refractivity contribution in [2.75, 3.05) is 11.1 Å². The molecule has 1 N–H and O–H groups in total. The van der Waals surface area contributed by atoms with Gasteiger partial charge in [-0.05, 0) is 31.2 Å². The molecule has 0 bridgehead atoms. The number of carbonyl (C=O) groups excluding carboxylic acids is 1. The minimum absolute atomic E-state index is 0.113. The van der Waals surface area contributed by atoms with Gasteiger partial charge in [0.15, 0.2) is 5.16 Å². The van der Waals surface area contributed by atoms with E-state index in [1.54, 1.807) is 19.2 Å². The third-order valence-electron chi connectivity index (χ3n) is 3.52. The predicted molar refractivity (Wildman–Crippen MR) is 100 cm³/mol. The van der Waals surface area contributed by atoms with Gasteiger partial charge >= 0.3 is 0 Å². The van der Waals surface area contributed by atoms with Crippen LogP contribution in [-0.2, 0) is 11.8 Å². The van der Waals surface area contributed by atoms with E-state index in [1.807, 2.05) is 25.1 Å². The van der Waals surface area contributed by atoms with Gasteiger partial charge in [-0.15, -0.1) is 0 Å².